The molecule has 0 aliphatic carbocycles. The van der Waals surface area contributed by atoms with E-state index in [4.69, 9.17) is 0 Å². The highest BCUT2D eigenvalue weighted by atomic mass is 19.1. The highest BCUT2D eigenvalue weighted by Crippen LogP contribution is 2.24. The molecule has 0 aliphatic rings. The van der Waals surface area contributed by atoms with Crippen LogP contribution >= 0.6 is 0 Å². The van der Waals surface area contributed by atoms with Gasteiger partial charge in [-0.05, 0) is 62.2 Å². The van der Waals surface area contributed by atoms with Crippen molar-refractivity contribution in [2.45, 2.75) is 26.8 Å². The second-order valence-electron chi connectivity index (χ2n) is 5.89. The molecule has 1 atom stereocenters. The van der Waals surface area contributed by atoms with Gasteiger partial charge in [0.05, 0.1) is 5.56 Å². The number of nitrogens with one attached hydrogen (secondary N) is 2. The summed E-state index contributed by atoms with van der Waals surface area (Å²) in [5.41, 5.74) is 4.14. The number of carbonyl (C=O) groups excluding carboxylic acids is 1. The van der Waals surface area contributed by atoms with Crippen LogP contribution < -0.4 is 10.6 Å². The largest absolute Gasteiger partial charge is 0.350 e. The highest BCUT2D eigenvalue weighted by molar-refractivity contribution is 5.95. The normalized spacial score (nSPS) is 12.0. The molecular formula is C19H23FN2O. The van der Waals surface area contributed by atoms with Gasteiger partial charge in [-0.25, -0.2) is 4.39 Å². The summed E-state index contributed by atoms with van der Waals surface area (Å²) in [5, 5.41) is 5.74. The summed E-state index contributed by atoms with van der Waals surface area (Å²) >= 11 is 0. The quantitative estimate of drug-likeness (QED) is 0.887. The summed E-state index contributed by atoms with van der Waals surface area (Å²) in [6, 6.07) is 10.9. The van der Waals surface area contributed by atoms with Crippen LogP contribution in [-0.2, 0) is 0 Å². The van der Waals surface area contributed by atoms with Crippen molar-refractivity contribution in [2.24, 2.45) is 0 Å². The van der Waals surface area contributed by atoms with Gasteiger partial charge in [-0.2, -0.15) is 0 Å². The summed E-state index contributed by atoms with van der Waals surface area (Å²) in [4.78, 5) is 12.1. The van der Waals surface area contributed by atoms with Crippen LogP contribution in [0.1, 0.15) is 28.4 Å². The second kappa shape index (κ2) is 7.38. The van der Waals surface area contributed by atoms with Crippen LogP contribution in [0.2, 0.25) is 0 Å². The lowest BCUT2D eigenvalue weighted by atomic mass is 9.99. The first-order valence-corrected chi connectivity index (χ1v) is 7.75. The van der Waals surface area contributed by atoms with Crippen molar-refractivity contribution >= 4 is 5.91 Å². The van der Waals surface area contributed by atoms with E-state index in [2.05, 4.69) is 10.6 Å². The summed E-state index contributed by atoms with van der Waals surface area (Å²) in [6.45, 7) is 6.46. The lowest BCUT2D eigenvalue weighted by molar-refractivity contribution is 0.0946. The summed E-state index contributed by atoms with van der Waals surface area (Å²) in [5.74, 6) is -0.897. The Balaban J connectivity index is 2.20. The molecule has 2 aromatic rings. The number of rotatable bonds is 5. The third-order valence-corrected chi connectivity index (χ3v) is 4.12. The third-order valence-electron chi connectivity index (χ3n) is 4.12. The predicted molar refractivity (Wildman–Crippen MR) is 92.2 cm³/mol. The fourth-order valence-electron chi connectivity index (χ4n) is 2.24. The van der Waals surface area contributed by atoms with Crippen molar-refractivity contribution in [2.75, 3.05) is 13.6 Å². The lowest BCUT2D eigenvalue weighted by Crippen LogP contribution is -2.37. The number of aryl methyl sites for hydroxylation is 2. The number of carbonyl (C=O) groups is 1. The standard InChI is InChI=1S/C19H23FN2O/c1-12-5-6-15(9-13(12)2)16-7-8-17(18(20)10-16)19(23)22-11-14(3)21-4/h5-10,14,21H,11H2,1-4H3,(H,22,23). The van der Waals surface area contributed by atoms with Crippen molar-refractivity contribution in [3.8, 4) is 11.1 Å². The minimum Gasteiger partial charge on any atom is -0.350 e. The molecule has 0 spiro atoms. The maximum absolute atomic E-state index is 14.3. The number of amides is 1. The first-order chi connectivity index (χ1) is 10.9. The van der Waals surface area contributed by atoms with Gasteiger partial charge in [0.15, 0.2) is 0 Å². The maximum atomic E-state index is 14.3. The second-order valence-corrected chi connectivity index (χ2v) is 5.89. The molecule has 122 valence electrons. The average Bonchev–Trinajstić information content (AvgIpc) is 2.54. The van der Waals surface area contributed by atoms with Crippen LogP contribution in [0.5, 0.6) is 0 Å². The van der Waals surface area contributed by atoms with E-state index < -0.39 is 11.7 Å². The Morgan fingerprint density at radius 3 is 2.35 bits per heavy atom. The molecule has 0 bridgehead atoms. The molecule has 0 saturated carbocycles. The SMILES string of the molecule is CNC(C)CNC(=O)c1ccc(-c2ccc(C)c(C)c2)cc1F. The van der Waals surface area contributed by atoms with E-state index in [-0.39, 0.29) is 11.6 Å². The number of hydrogen-bond donors (Lipinski definition) is 2. The van der Waals surface area contributed by atoms with Crippen LogP contribution in [0.3, 0.4) is 0 Å². The van der Waals surface area contributed by atoms with E-state index in [1.807, 2.05) is 46.0 Å². The summed E-state index contributed by atoms with van der Waals surface area (Å²) in [7, 11) is 1.82. The van der Waals surface area contributed by atoms with Gasteiger partial charge in [0.1, 0.15) is 5.82 Å². The first kappa shape index (κ1) is 17.2. The van der Waals surface area contributed by atoms with E-state index in [9.17, 15) is 9.18 Å². The topological polar surface area (TPSA) is 41.1 Å². The molecule has 0 aliphatic heterocycles. The van der Waals surface area contributed by atoms with E-state index in [1.165, 1.54) is 11.6 Å². The number of likely N-dealkylation sites (N-methyl/N-ethyl adjacent to an activating group) is 1. The van der Waals surface area contributed by atoms with Crippen molar-refractivity contribution < 1.29 is 9.18 Å². The first-order valence-electron chi connectivity index (χ1n) is 7.75. The zero-order valence-corrected chi connectivity index (χ0v) is 14.0. The number of benzene rings is 2. The van der Waals surface area contributed by atoms with Gasteiger partial charge >= 0.3 is 0 Å². The Kier molecular flexibility index (Phi) is 5.50. The Labute approximate surface area is 136 Å². The summed E-state index contributed by atoms with van der Waals surface area (Å²) < 4.78 is 14.3. The van der Waals surface area contributed by atoms with Crippen LogP contribution in [0, 0.1) is 19.7 Å². The number of halogens is 1. The van der Waals surface area contributed by atoms with Crippen molar-refractivity contribution in [1.82, 2.24) is 10.6 Å². The highest BCUT2D eigenvalue weighted by Gasteiger charge is 2.13. The van der Waals surface area contributed by atoms with Crippen LogP contribution in [-0.4, -0.2) is 25.5 Å². The molecule has 2 aromatic carbocycles. The predicted octanol–water partition coefficient (Wildman–Crippen LogP) is 3.45. The fourth-order valence-corrected chi connectivity index (χ4v) is 2.24. The van der Waals surface area contributed by atoms with E-state index in [0.717, 1.165) is 16.7 Å². The van der Waals surface area contributed by atoms with Crippen LogP contribution in [0.4, 0.5) is 4.39 Å². The smallest absolute Gasteiger partial charge is 0.254 e. The maximum Gasteiger partial charge on any atom is 0.254 e. The molecule has 4 heteroatoms. The zero-order chi connectivity index (χ0) is 17.0. The Morgan fingerprint density at radius 2 is 1.74 bits per heavy atom. The molecular weight excluding hydrogens is 291 g/mol. The molecule has 0 radical (unpaired) electrons. The third kappa shape index (κ3) is 4.17. The van der Waals surface area contributed by atoms with Crippen LogP contribution in [0.15, 0.2) is 36.4 Å². The molecule has 0 heterocycles. The van der Waals surface area contributed by atoms with E-state index in [1.54, 1.807) is 12.1 Å². The average molecular weight is 314 g/mol. The molecule has 23 heavy (non-hydrogen) atoms. The minimum atomic E-state index is -0.504. The van der Waals surface area contributed by atoms with Crippen LogP contribution in [0.25, 0.3) is 11.1 Å². The van der Waals surface area contributed by atoms with Gasteiger partial charge in [-0.15, -0.1) is 0 Å². The van der Waals surface area contributed by atoms with Gasteiger partial charge in [-0.3, -0.25) is 4.79 Å². The molecule has 0 fully saturated rings. The Hall–Kier alpha value is -2.20. The monoisotopic (exact) mass is 314 g/mol. The molecule has 2 N–H and O–H groups in total. The van der Waals surface area contributed by atoms with Gasteiger partial charge in [-0.1, -0.05) is 24.3 Å². The van der Waals surface area contributed by atoms with Crippen molar-refractivity contribution in [3.63, 3.8) is 0 Å². The van der Waals surface area contributed by atoms with Gasteiger partial charge < -0.3 is 10.6 Å². The van der Waals surface area contributed by atoms with Gasteiger partial charge in [0, 0.05) is 12.6 Å². The number of hydrogen-bond acceptors (Lipinski definition) is 2. The molecule has 1 amide bonds. The molecule has 2 rings (SSSR count). The molecule has 0 aromatic heterocycles. The van der Waals surface area contributed by atoms with Gasteiger partial charge in [0.2, 0.25) is 0 Å². The molecule has 1 unspecified atom stereocenters. The summed E-state index contributed by atoms with van der Waals surface area (Å²) in [6.07, 6.45) is 0. The zero-order valence-electron chi connectivity index (χ0n) is 14.0. The van der Waals surface area contributed by atoms with E-state index >= 15 is 0 Å². The van der Waals surface area contributed by atoms with Gasteiger partial charge in [0.25, 0.3) is 5.91 Å². The molecule has 3 nitrogen and oxygen atoms in total. The lowest BCUT2D eigenvalue weighted by Gasteiger charge is -2.12. The molecule has 0 saturated heterocycles. The minimum absolute atomic E-state index is 0.0703. The Bertz CT molecular complexity index is 713. The Morgan fingerprint density at radius 1 is 1.09 bits per heavy atom. The fraction of sp³-hybridized carbons (Fsp3) is 0.316. The van der Waals surface area contributed by atoms with Crippen molar-refractivity contribution in [3.05, 3.63) is 58.9 Å². The van der Waals surface area contributed by atoms with Crippen molar-refractivity contribution in [1.29, 1.82) is 0 Å². The van der Waals surface area contributed by atoms with E-state index in [0.29, 0.717) is 6.54 Å².